The average Bonchev–Trinajstić information content (AvgIpc) is 1.00. The van der Waals surface area contributed by atoms with Crippen LogP contribution in [-0.2, 0) is 0 Å². The summed E-state index contributed by atoms with van der Waals surface area (Å²) in [6, 6.07) is 0. The standard InChI is InChI=1S/CH4S.B.3BrH/c1-2;;;;/h2H,1H3;;3*1H. The zero-order valence-corrected chi connectivity index (χ0v) is 9.28. The van der Waals surface area contributed by atoms with Crippen LogP contribution in [0, 0.1) is 0 Å². The molecule has 0 aromatic rings. The Hall–Kier alpha value is 1.85. The van der Waals surface area contributed by atoms with E-state index in [1.165, 1.54) is 0 Å². The van der Waals surface area contributed by atoms with Crippen molar-refractivity contribution in [2.75, 3.05) is 6.26 Å². The van der Waals surface area contributed by atoms with Crippen molar-refractivity contribution >= 4 is 72.0 Å². The van der Waals surface area contributed by atoms with Gasteiger partial charge in [0.25, 0.3) is 0 Å². The highest BCUT2D eigenvalue weighted by Gasteiger charge is 0.901. The molecule has 0 bridgehead atoms. The molecule has 0 spiro atoms. The molecule has 0 saturated carbocycles. The zero-order chi connectivity index (χ0) is 2.00. The Balaban J connectivity index is -0.000000000833. The molecule has 0 rings (SSSR count). The van der Waals surface area contributed by atoms with Crippen LogP contribution in [0.4, 0.5) is 0 Å². The lowest BCUT2D eigenvalue weighted by atomic mass is 10.8. The molecule has 0 heterocycles. The lowest BCUT2D eigenvalue weighted by Crippen LogP contribution is -0.865. The van der Waals surface area contributed by atoms with E-state index in [2.05, 4.69) is 12.6 Å². The summed E-state index contributed by atoms with van der Waals surface area (Å²) >= 11 is 3.53. The van der Waals surface area contributed by atoms with Crippen molar-refractivity contribution in [1.29, 1.82) is 0 Å². The first kappa shape index (κ1) is 45.3. The van der Waals surface area contributed by atoms with Crippen molar-refractivity contribution in [3.8, 4) is 0 Å². The number of thiol groups is 1. The first-order valence-corrected chi connectivity index (χ1v) is 1.34. The highest BCUT2D eigenvalue weighted by molar-refractivity contribution is 8.93. The fourth-order valence-corrected chi connectivity index (χ4v) is 0. The minimum Gasteiger partial charge on any atom is -0.183 e. The van der Waals surface area contributed by atoms with Crippen LogP contribution < -0.4 is 0 Å². The van der Waals surface area contributed by atoms with Crippen molar-refractivity contribution < 1.29 is 0 Å². The monoisotopic (exact) mass is 299 g/mol. The molecule has 0 aliphatic heterocycles. The molecule has 3 radical (unpaired) electrons. The van der Waals surface area contributed by atoms with E-state index in [0.717, 1.165) is 0 Å². The minimum absolute atomic E-state index is 0. The third-order valence-electron chi connectivity index (χ3n) is 0. The molecule has 0 fully saturated rings. The van der Waals surface area contributed by atoms with Crippen molar-refractivity contribution in [2.45, 2.75) is 0 Å². The van der Waals surface area contributed by atoms with Crippen LogP contribution in [0.25, 0.3) is 0 Å². The summed E-state index contributed by atoms with van der Waals surface area (Å²) in [4.78, 5) is 0. The fraction of sp³-hybridized carbons (Fsp3) is 1.00. The predicted octanol–water partition coefficient (Wildman–Crippen LogP) is 1.90. The molecule has 0 unspecified atom stereocenters. The van der Waals surface area contributed by atoms with E-state index in [9.17, 15) is 0 Å². The van der Waals surface area contributed by atoms with Gasteiger partial charge in [0.2, 0.25) is 0 Å². The number of hydrogen-bond acceptors (Lipinski definition) is 1. The molecule has 5 heteroatoms. The molecule has 0 atom stereocenters. The maximum atomic E-state index is 3.53. The second kappa shape index (κ2) is 68.3. The van der Waals surface area contributed by atoms with Gasteiger partial charge in [0.1, 0.15) is 0 Å². The number of rotatable bonds is 0. The lowest BCUT2D eigenvalue weighted by molar-refractivity contribution is 2.55. The van der Waals surface area contributed by atoms with Crippen LogP contribution in [0.1, 0.15) is 0 Å². The van der Waals surface area contributed by atoms with Gasteiger partial charge >= 0.3 is 0 Å². The van der Waals surface area contributed by atoms with Crippen LogP contribution in [-0.4, -0.2) is 14.7 Å². The van der Waals surface area contributed by atoms with Crippen molar-refractivity contribution in [2.24, 2.45) is 0 Å². The summed E-state index contributed by atoms with van der Waals surface area (Å²) in [5.41, 5.74) is 0. The van der Waals surface area contributed by atoms with Crippen LogP contribution in [0.3, 0.4) is 0 Å². The molecule has 41 valence electrons. The van der Waals surface area contributed by atoms with Crippen LogP contribution >= 0.6 is 63.6 Å². The zero-order valence-electron chi connectivity index (χ0n) is 3.25. The summed E-state index contributed by atoms with van der Waals surface area (Å²) in [6.07, 6.45) is 1.69. The van der Waals surface area contributed by atoms with Crippen molar-refractivity contribution in [3.63, 3.8) is 0 Å². The molecule has 0 aromatic carbocycles. The molecular weight excluding hydrogens is 295 g/mol. The molecule has 0 aliphatic carbocycles. The van der Waals surface area contributed by atoms with Gasteiger partial charge in [-0.15, -0.1) is 50.9 Å². The van der Waals surface area contributed by atoms with Crippen molar-refractivity contribution in [3.05, 3.63) is 0 Å². The van der Waals surface area contributed by atoms with E-state index < -0.39 is 0 Å². The van der Waals surface area contributed by atoms with E-state index in [4.69, 9.17) is 0 Å². The third kappa shape index (κ3) is 40.1. The van der Waals surface area contributed by atoms with Crippen molar-refractivity contribution in [1.82, 2.24) is 0 Å². The highest BCUT2D eigenvalue weighted by Crippen LogP contribution is 1.31. The maximum absolute atomic E-state index is 3.53. The molecule has 0 N–H and O–H groups in total. The Kier molecular flexibility index (Phi) is 515. The fourth-order valence-electron chi connectivity index (χ4n) is 0. The molecule has 0 saturated heterocycles. The van der Waals surface area contributed by atoms with Gasteiger partial charge < -0.3 is 0 Å². The smallest absolute Gasteiger partial charge is 0 e. The van der Waals surface area contributed by atoms with Gasteiger partial charge in [-0.2, -0.15) is 12.6 Å². The number of hydrogen-bond donors (Lipinski definition) is 1. The van der Waals surface area contributed by atoms with Gasteiger partial charge in [-0.1, -0.05) is 0 Å². The average molecular weight is 302 g/mol. The SMILES string of the molecule is Br.Br.Br.CS.[B]. The van der Waals surface area contributed by atoms with E-state index >= 15 is 0 Å². The quantitative estimate of drug-likeness (QED) is 0.513. The number of halogens is 3. The normalized spacial score (nSPS) is 1.00. The largest absolute Gasteiger partial charge is 0.183 e. The first-order valence-electron chi connectivity index (χ1n) is 0.447. The maximum Gasteiger partial charge on any atom is 0 e. The molecule has 0 aromatic heterocycles. The summed E-state index contributed by atoms with van der Waals surface area (Å²) < 4.78 is 0. The van der Waals surface area contributed by atoms with Gasteiger partial charge in [0.15, 0.2) is 0 Å². The van der Waals surface area contributed by atoms with Crippen LogP contribution in [0.15, 0.2) is 0 Å². The Bertz CT molecular complexity index is 10.8. The van der Waals surface area contributed by atoms with Gasteiger partial charge in [-0.3, -0.25) is 0 Å². The van der Waals surface area contributed by atoms with Gasteiger partial charge in [0.05, 0.1) is 0 Å². The van der Waals surface area contributed by atoms with Crippen LogP contribution in [0.2, 0.25) is 0 Å². The van der Waals surface area contributed by atoms with E-state index in [1.807, 2.05) is 0 Å². The minimum atomic E-state index is 0. The summed E-state index contributed by atoms with van der Waals surface area (Å²) in [5.74, 6) is 0. The Morgan fingerprint density at radius 1 is 0.833 bits per heavy atom. The van der Waals surface area contributed by atoms with Gasteiger partial charge in [-0.25, -0.2) is 0 Å². The molecule has 0 nitrogen and oxygen atoms in total. The van der Waals surface area contributed by atoms with E-state index in [0.29, 0.717) is 0 Å². The lowest BCUT2D eigenvalue weighted by Gasteiger charge is -1.11. The van der Waals surface area contributed by atoms with E-state index in [-0.39, 0.29) is 59.4 Å². The van der Waals surface area contributed by atoms with Gasteiger partial charge in [-0.05, 0) is 6.26 Å². The molecule has 0 amide bonds. The second-order valence-electron chi connectivity index (χ2n) is 0. The molecular formula is CH7BBr3S. The summed E-state index contributed by atoms with van der Waals surface area (Å²) in [7, 11) is 0. The predicted molar refractivity (Wildman–Crippen MR) is 51.6 cm³/mol. The topological polar surface area (TPSA) is 0 Å². The second-order valence-corrected chi connectivity index (χ2v) is 0. The molecule has 0 aliphatic rings. The highest BCUT2D eigenvalue weighted by atomic mass is 79.9. The molecule has 6 heavy (non-hydrogen) atoms. The summed E-state index contributed by atoms with van der Waals surface area (Å²) in [5, 5.41) is 0. The summed E-state index contributed by atoms with van der Waals surface area (Å²) in [6.45, 7) is 0. The van der Waals surface area contributed by atoms with Gasteiger partial charge in [0, 0.05) is 8.41 Å². The Morgan fingerprint density at radius 2 is 0.833 bits per heavy atom. The van der Waals surface area contributed by atoms with Crippen LogP contribution in [0.5, 0.6) is 0 Å². The Labute approximate surface area is 77.8 Å². The van der Waals surface area contributed by atoms with E-state index in [1.54, 1.807) is 6.26 Å². The first-order chi connectivity index (χ1) is 1.00. The Morgan fingerprint density at radius 3 is 0.833 bits per heavy atom. The third-order valence-corrected chi connectivity index (χ3v) is 0.